The summed E-state index contributed by atoms with van der Waals surface area (Å²) in [5, 5.41) is 5.74. The summed E-state index contributed by atoms with van der Waals surface area (Å²) in [4.78, 5) is 36.5. The highest BCUT2D eigenvalue weighted by Gasteiger charge is 2.25. The van der Waals surface area contributed by atoms with E-state index in [2.05, 4.69) is 10.6 Å². The zero-order chi connectivity index (χ0) is 29.7. The van der Waals surface area contributed by atoms with Crippen LogP contribution in [-0.2, 0) is 33.6 Å². The normalized spacial score (nSPS) is 10.6. The highest BCUT2D eigenvalue weighted by molar-refractivity contribution is 5.95. The number of Topliss-reactive ketones (excluding diaryl/α,β-unsaturated/α-hetero) is 1. The lowest BCUT2D eigenvalue weighted by atomic mass is 9.82. The maximum Gasteiger partial charge on any atom is 0.228 e. The number of amides is 2. The predicted octanol–water partition coefficient (Wildman–Crippen LogP) is 6.87. The van der Waals surface area contributed by atoms with Crippen molar-refractivity contribution in [1.29, 1.82) is 0 Å². The molecule has 4 aromatic carbocycles. The van der Waals surface area contributed by atoms with Crippen LogP contribution in [0.5, 0.6) is 0 Å². The average Bonchev–Trinajstić information content (AvgIpc) is 2.96. The van der Waals surface area contributed by atoms with Gasteiger partial charge in [0.2, 0.25) is 11.8 Å². The van der Waals surface area contributed by atoms with E-state index in [9.17, 15) is 14.4 Å². The number of anilines is 3. The number of nitrogen functional groups attached to an aromatic ring is 1. The van der Waals surface area contributed by atoms with Gasteiger partial charge in [-0.25, -0.2) is 0 Å². The molecule has 0 fully saturated rings. The van der Waals surface area contributed by atoms with Gasteiger partial charge in [-0.15, -0.1) is 0 Å². The summed E-state index contributed by atoms with van der Waals surface area (Å²) in [6.45, 7) is 5.95. The molecule has 41 heavy (non-hydrogen) atoms. The molecule has 4 aromatic rings. The van der Waals surface area contributed by atoms with Gasteiger partial charge in [-0.3, -0.25) is 14.4 Å². The van der Waals surface area contributed by atoms with Crippen molar-refractivity contribution >= 4 is 34.7 Å². The van der Waals surface area contributed by atoms with E-state index in [1.807, 2.05) is 118 Å². The lowest BCUT2D eigenvalue weighted by Gasteiger charge is -2.21. The second-order valence-electron chi connectivity index (χ2n) is 10.5. The summed E-state index contributed by atoms with van der Waals surface area (Å²) in [5.74, 6) is 0.0553. The van der Waals surface area contributed by atoms with Gasteiger partial charge in [-0.05, 0) is 41.3 Å². The molecule has 0 unspecified atom stereocenters. The van der Waals surface area contributed by atoms with Crippen LogP contribution in [0.1, 0.15) is 43.9 Å². The van der Waals surface area contributed by atoms with Crippen molar-refractivity contribution in [3.63, 3.8) is 0 Å². The largest absolute Gasteiger partial charge is 0.397 e. The van der Waals surface area contributed by atoms with Crippen LogP contribution in [0.2, 0.25) is 0 Å². The van der Waals surface area contributed by atoms with Crippen molar-refractivity contribution in [1.82, 2.24) is 0 Å². The first-order valence-electron chi connectivity index (χ1n) is 13.8. The Bertz CT molecular complexity index is 1430. The predicted molar refractivity (Wildman–Crippen MR) is 168 cm³/mol. The molecule has 0 atom stereocenters. The maximum atomic E-state index is 12.5. The van der Waals surface area contributed by atoms with Crippen molar-refractivity contribution in [2.24, 2.45) is 5.41 Å². The Morgan fingerprint density at radius 1 is 0.610 bits per heavy atom. The molecule has 0 spiro atoms. The lowest BCUT2D eigenvalue weighted by molar-refractivity contribution is -0.126. The zero-order valence-electron chi connectivity index (χ0n) is 24.0. The quantitative estimate of drug-likeness (QED) is 0.188. The molecule has 0 heterocycles. The van der Waals surface area contributed by atoms with Crippen LogP contribution in [0.4, 0.5) is 17.1 Å². The van der Waals surface area contributed by atoms with Crippen molar-refractivity contribution in [2.45, 2.75) is 46.5 Å². The van der Waals surface area contributed by atoms with Gasteiger partial charge in [0.25, 0.3) is 0 Å². The van der Waals surface area contributed by atoms with E-state index in [4.69, 9.17) is 5.73 Å². The number of hydrogen-bond acceptors (Lipinski definition) is 4. The van der Waals surface area contributed by atoms with E-state index in [1.165, 1.54) is 0 Å². The Morgan fingerprint density at radius 2 is 1.05 bits per heavy atom. The van der Waals surface area contributed by atoms with E-state index in [-0.39, 0.29) is 23.0 Å². The van der Waals surface area contributed by atoms with E-state index in [0.717, 1.165) is 28.8 Å². The smallest absolute Gasteiger partial charge is 0.228 e. The van der Waals surface area contributed by atoms with Crippen LogP contribution in [-0.4, -0.2) is 17.6 Å². The van der Waals surface area contributed by atoms with Gasteiger partial charge >= 0.3 is 0 Å². The Labute approximate surface area is 243 Å². The number of nitrogens with two attached hydrogens (primary N) is 1. The van der Waals surface area contributed by atoms with Gasteiger partial charge in [-0.2, -0.15) is 0 Å². The fourth-order valence-corrected chi connectivity index (χ4v) is 3.97. The minimum absolute atomic E-state index is 0.0610. The number of carbonyl (C=O) groups is 3. The van der Waals surface area contributed by atoms with Crippen LogP contribution in [0, 0.1) is 5.41 Å². The summed E-state index contributed by atoms with van der Waals surface area (Å²) < 4.78 is 0. The summed E-state index contributed by atoms with van der Waals surface area (Å²) in [5.41, 5.74) is 10.2. The first kappa shape index (κ1) is 30.8. The third kappa shape index (κ3) is 10.1. The van der Waals surface area contributed by atoms with Crippen LogP contribution in [0.15, 0.2) is 109 Å². The fourth-order valence-electron chi connectivity index (χ4n) is 3.97. The minimum atomic E-state index is -0.346. The molecule has 0 bridgehead atoms. The van der Waals surface area contributed by atoms with Crippen molar-refractivity contribution in [3.8, 4) is 0 Å². The average molecular weight is 550 g/mol. The second kappa shape index (κ2) is 15.2. The molecule has 0 radical (unpaired) electrons. The zero-order valence-corrected chi connectivity index (χ0v) is 24.0. The molecule has 0 saturated heterocycles. The van der Waals surface area contributed by atoms with Crippen LogP contribution < -0.4 is 16.4 Å². The van der Waals surface area contributed by atoms with Gasteiger partial charge < -0.3 is 16.4 Å². The summed E-state index contributed by atoms with van der Waals surface area (Å²) in [6, 6.07) is 34.0. The number of ketones is 1. The summed E-state index contributed by atoms with van der Waals surface area (Å²) in [6.07, 6.45) is 1.82. The SMILES string of the molecule is CCC(C)(C)C(=O)Cc1ccccc1NC(=O)Cc1ccccc1.Nc1ccccc1NC(=O)Cc1ccccc1. The topological polar surface area (TPSA) is 101 Å². The van der Waals surface area contributed by atoms with Crippen molar-refractivity contribution in [2.75, 3.05) is 16.4 Å². The monoisotopic (exact) mass is 549 g/mol. The second-order valence-corrected chi connectivity index (χ2v) is 10.5. The van der Waals surface area contributed by atoms with E-state index in [0.29, 0.717) is 30.6 Å². The first-order chi connectivity index (χ1) is 19.7. The number of nitrogens with one attached hydrogen (secondary N) is 2. The van der Waals surface area contributed by atoms with Gasteiger partial charge in [0, 0.05) is 17.5 Å². The number of para-hydroxylation sites is 3. The number of benzene rings is 4. The summed E-state index contributed by atoms with van der Waals surface area (Å²) in [7, 11) is 0. The molecule has 0 aliphatic heterocycles. The molecule has 6 heteroatoms. The Morgan fingerprint density at radius 3 is 1.56 bits per heavy atom. The van der Waals surface area contributed by atoms with Crippen molar-refractivity contribution in [3.05, 3.63) is 126 Å². The molecule has 4 N–H and O–H groups in total. The molecule has 0 aromatic heterocycles. The standard InChI is InChI=1S/C21H25NO2.C14H14N2O/c1-4-21(2,3)19(23)15-17-12-8-9-13-18(17)22-20(24)14-16-10-6-5-7-11-16;15-12-8-4-5-9-13(12)16-14(17)10-11-6-2-1-3-7-11/h5-13H,4,14-15H2,1-3H3,(H,22,24);1-9H,10,15H2,(H,16,17). The Balaban J connectivity index is 0.000000239. The Hall–Kier alpha value is -4.71. The molecule has 6 nitrogen and oxygen atoms in total. The molecular formula is C35H39N3O3. The summed E-state index contributed by atoms with van der Waals surface area (Å²) >= 11 is 0. The molecule has 2 amide bonds. The van der Waals surface area contributed by atoms with Gasteiger partial charge in [0.1, 0.15) is 5.78 Å². The lowest BCUT2D eigenvalue weighted by Crippen LogP contribution is -2.25. The molecule has 0 aliphatic rings. The Kier molecular flexibility index (Phi) is 11.4. The van der Waals surface area contributed by atoms with Crippen LogP contribution in [0.3, 0.4) is 0 Å². The third-order valence-corrected chi connectivity index (χ3v) is 6.93. The van der Waals surface area contributed by atoms with Crippen molar-refractivity contribution < 1.29 is 14.4 Å². The van der Waals surface area contributed by atoms with Crippen LogP contribution >= 0.6 is 0 Å². The molecule has 212 valence electrons. The number of carbonyl (C=O) groups excluding carboxylic acids is 3. The minimum Gasteiger partial charge on any atom is -0.397 e. The van der Waals surface area contributed by atoms with Gasteiger partial charge in [0.05, 0.1) is 24.2 Å². The highest BCUT2D eigenvalue weighted by Crippen LogP contribution is 2.25. The van der Waals surface area contributed by atoms with E-state index in [1.54, 1.807) is 12.1 Å². The highest BCUT2D eigenvalue weighted by atomic mass is 16.2. The molecule has 4 rings (SSSR count). The van der Waals surface area contributed by atoms with E-state index < -0.39 is 0 Å². The van der Waals surface area contributed by atoms with Gasteiger partial charge in [0.15, 0.2) is 0 Å². The number of rotatable bonds is 10. The van der Waals surface area contributed by atoms with Gasteiger partial charge in [-0.1, -0.05) is 112 Å². The molecule has 0 aliphatic carbocycles. The van der Waals surface area contributed by atoms with E-state index >= 15 is 0 Å². The fraction of sp³-hybridized carbons (Fsp3) is 0.229. The molecular weight excluding hydrogens is 510 g/mol. The maximum absolute atomic E-state index is 12.5. The first-order valence-corrected chi connectivity index (χ1v) is 13.8. The number of hydrogen-bond donors (Lipinski definition) is 3. The third-order valence-electron chi connectivity index (χ3n) is 6.93. The van der Waals surface area contributed by atoms with Crippen LogP contribution in [0.25, 0.3) is 0 Å². The molecule has 0 saturated carbocycles.